The molecule has 1 fully saturated rings. The molecule has 3 heterocycles. The van der Waals surface area contributed by atoms with E-state index in [1.807, 2.05) is 22.6 Å². The predicted molar refractivity (Wildman–Crippen MR) is 134 cm³/mol. The van der Waals surface area contributed by atoms with Gasteiger partial charge in [-0.2, -0.15) is 4.57 Å². The molecule has 4 nitrogen and oxygen atoms in total. The van der Waals surface area contributed by atoms with Crippen LogP contribution in [0, 0.1) is 5.82 Å². The van der Waals surface area contributed by atoms with Crippen molar-refractivity contribution in [3.8, 4) is 0 Å². The molecule has 6 rings (SSSR count). The minimum Gasteiger partial charge on any atom is -0.337 e. The van der Waals surface area contributed by atoms with Crippen molar-refractivity contribution in [1.29, 1.82) is 0 Å². The minimum atomic E-state index is -0.257. The van der Waals surface area contributed by atoms with Gasteiger partial charge in [0.2, 0.25) is 0 Å². The fraction of sp³-hybridized carbons (Fsp3) is 0.200. The third kappa shape index (κ3) is 3.86. The van der Waals surface area contributed by atoms with Crippen molar-refractivity contribution < 1.29 is 8.96 Å². The number of aromatic nitrogens is 2. The molecule has 166 valence electrons. The van der Waals surface area contributed by atoms with Crippen molar-refractivity contribution >= 4 is 51.2 Å². The Balaban J connectivity index is 1.48. The molecule has 1 aliphatic heterocycles. The van der Waals surface area contributed by atoms with Crippen LogP contribution in [0.4, 0.5) is 10.1 Å². The predicted octanol–water partition coefficient (Wildman–Crippen LogP) is 3.92. The van der Waals surface area contributed by atoms with Gasteiger partial charge in [0.05, 0.1) is 17.1 Å². The molecule has 33 heavy (non-hydrogen) atoms. The Hall–Kier alpha value is -2.68. The van der Waals surface area contributed by atoms with Crippen LogP contribution in [0.2, 0.25) is 0 Å². The summed E-state index contributed by atoms with van der Waals surface area (Å²) in [6, 6.07) is 15.5. The molecule has 8 heteroatoms. The molecule has 0 N–H and O–H groups in total. The fourth-order valence-corrected chi connectivity index (χ4v) is 7.43. The quantitative estimate of drug-likeness (QED) is 0.403. The van der Waals surface area contributed by atoms with E-state index in [0.29, 0.717) is 0 Å². The van der Waals surface area contributed by atoms with Gasteiger partial charge in [0.1, 0.15) is 20.0 Å². The molecule has 2 aromatic carbocycles. The van der Waals surface area contributed by atoms with Gasteiger partial charge >= 0.3 is 0 Å². The van der Waals surface area contributed by atoms with Gasteiger partial charge in [-0.1, -0.05) is 53.4 Å². The van der Waals surface area contributed by atoms with Crippen LogP contribution in [0.15, 0.2) is 69.8 Å². The van der Waals surface area contributed by atoms with Crippen LogP contribution < -0.4 is 24.2 Å². The maximum Gasteiger partial charge on any atom is 0.272 e. The van der Waals surface area contributed by atoms with E-state index in [1.165, 1.54) is 34.7 Å². The van der Waals surface area contributed by atoms with Crippen LogP contribution in [0.25, 0.3) is 11.1 Å². The summed E-state index contributed by atoms with van der Waals surface area (Å²) in [6.07, 6.45) is 6.32. The zero-order chi connectivity index (χ0) is 22.5. The molecular weight excluding hydrogens is 473 g/mol. The Labute approximate surface area is 202 Å². The van der Waals surface area contributed by atoms with Crippen LogP contribution in [0.3, 0.4) is 0 Å². The SMILES string of the molecule is CN1/C(=c2\s/c(=C\c3scc[n+]3Cc3ccccc3)n(C3CC3)c2=O)Sc2cc(F)ccc21. The zero-order valence-electron chi connectivity index (χ0n) is 17.9. The Bertz CT molecular complexity index is 1530. The lowest BCUT2D eigenvalue weighted by atomic mass is 10.2. The Morgan fingerprint density at radius 1 is 1.18 bits per heavy atom. The lowest BCUT2D eigenvalue weighted by molar-refractivity contribution is -0.685. The van der Waals surface area contributed by atoms with Crippen LogP contribution in [-0.4, -0.2) is 11.6 Å². The summed E-state index contributed by atoms with van der Waals surface area (Å²) in [4.78, 5) is 16.4. The molecule has 0 spiro atoms. The first-order chi connectivity index (χ1) is 16.1. The molecule has 1 aliphatic carbocycles. The molecule has 0 amide bonds. The number of hydrogen-bond acceptors (Lipinski definition) is 5. The smallest absolute Gasteiger partial charge is 0.272 e. The average Bonchev–Trinajstić information content (AvgIpc) is 3.36. The zero-order valence-corrected chi connectivity index (χ0v) is 20.4. The topological polar surface area (TPSA) is 29.1 Å². The van der Waals surface area contributed by atoms with E-state index in [-0.39, 0.29) is 17.4 Å². The molecular formula is C25H21FN3OS3+. The van der Waals surface area contributed by atoms with Crippen LogP contribution in [-0.2, 0) is 6.54 Å². The van der Waals surface area contributed by atoms with E-state index < -0.39 is 0 Å². The maximum atomic E-state index is 13.8. The van der Waals surface area contributed by atoms with Gasteiger partial charge in [0.25, 0.3) is 10.6 Å². The van der Waals surface area contributed by atoms with Crippen LogP contribution in [0.1, 0.15) is 29.5 Å². The lowest BCUT2D eigenvalue weighted by Gasteiger charge is -2.12. The normalized spacial score (nSPS) is 17.6. The van der Waals surface area contributed by atoms with Crippen molar-refractivity contribution in [3.05, 3.63) is 96.0 Å². The third-order valence-electron chi connectivity index (χ3n) is 5.91. The molecule has 0 radical (unpaired) electrons. The third-order valence-corrected chi connectivity index (χ3v) is 9.21. The molecule has 0 unspecified atom stereocenters. The summed E-state index contributed by atoms with van der Waals surface area (Å²) < 4.78 is 19.7. The van der Waals surface area contributed by atoms with Crippen LogP contribution >= 0.6 is 34.4 Å². The molecule has 2 aromatic heterocycles. The number of nitrogens with zero attached hydrogens (tertiary/aromatic N) is 3. The monoisotopic (exact) mass is 494 g/mol. The summed E-state index contributed by atoms with van der Waals surface area (Å²) in [5.74, 6) is -0.257. The second kappa shape index (κ2) is 8.27. The van der Waals surface area contributed by atoms with E-state index in [9.17, 15) is 9.18 Å². The number of rotatable bonds is 4. The standard InChI is InChI=1S/C25H21FN3OS3/c1-27-19-10-7-17(26)13-20(19)32-25(27)23-24(30)29(18-8-9-18)22(33-23)14-21-28(11-12-31-21)15-16-5-3-2-4-6-16/h2-7,10-14,18H,8-9,15H2,1H3/q+1/b25-23+. The molecule has 4 aromatic rings. The van der Waals surface area contributed by atoms with Gasteiger partial charge in [-0.05, 0) is 31.0 Å². The fourth-order valence-electron chi connectivity index (χ4n) is 4.10. The first-order valence-corrected chi connectivity index (χ1v) is 13.3. The number of fused-ring (bicyclic) bond motifs is 1. The summed E-state index contributed by atoms with van der Waals surface area (Å²) in [5, 5.41) is 4.08. The van der Waals surface area contributed by atoms with E-state index in [2.05, 4.69) is 46.5 Å². The van der Waals surface area contributed by atoms with Gasteiger partial charge in [0.15, 0.2) is 12.7 Å². The highest BCUT2D eigenvalue weighted by atomic mass is 32.2. The molecule has 2 aliphatic rings. The number of thiazole rings is 2. The highest BCUT2D eigenvalue weighted by molar-refractivity contribution is 8.08. The maximum absolute atomic E-state index is 13.8. The summed E-state index contributed by atoms with van der Waals surface area (Å²) in [6.45, 7) is 0.791. The highest BCUT2D eigenvalue weighted by Crippen LogP contribution is 2.45. The van der Waals surface area contributed by atoms with Gasteiger partial charge in [-0.15, -0.1) is 11.3 Å². The van der Waals surface area contributed by atoms with Crippen molar-refractivity contribution in [2.45, 2.75) is 30.3 Å². The highest BCUT2D eigenvalue weighted by Gasteiger charge is 2.30. The number of hydrogen-bond donors (Lipinski definition) is 0. The molecule has 0 saturated heterocycles. The average molecular weight is 495 g/mol. The van der Waals surface area contributed by atoms with Crippen molar-refractivity contribution in [2.24, 2.45) is 0 Å². The Kier molecular flexibility index (Phi) is 5.24. The summed E-state index contributed by atoms with van der Waals surface area (Å²) >= 11 is 4.69. The van der Waals surface area contributed by atoms with Crippen LogP contribution in [0.5, 0.6) is 0 Å². The van der Waals surface area contributed by atoms with Crippen molar-refractivity contribution in [3.63, 3.8) is 0 Å². The number of anilines is 1. The summed E-state index contributed by atoms with van der Waals surface area (Å²) in [7, 11) is 1.95. The second-order valence-corrected chi connectivity index (χ2v) is 11.2. The second-order valence-electron chi connectivity index (χ2n) is 8.25. The van der Waals surface area contributed by atoms with Gasteiger partial charge in [-0.3, -0.25) is 9.36 Å². The number of benzene rings is 2. The first kappa shape index (κ1) is 20.9. The molecule has 0 atom stereocenters. The van der Waals surface area contributed by atoms with Crippen molar-refractivity contribution in [1.82, 2.24) is 4.57 Å². The van der Waals surface area contributed by atoms with E-state index in [4.69, 9.17) is 0 Å². The Morgan fingerprint density at radius 3 is 2.79 bits per heavy atom. The summed E-state index contributed by atoms with van der Waals surface area (Å²) in [5.41, 5.74) is 2.24. The van der Waals surface area contributed by atoms with Crippen molar-refractivity contribution in [2.75, 3.05) is 11.9 Å². The van der Waals surface area contributed by atoms with Gasteiger partial charge in [-0.25, -0.2) is 4.39 Å². The van der Waals surface area contributed by atoms with E-state index >= 15 is 0 Å². The van der Waals surface area contributed by atoms with E-state index in [1.54, 1.807) is 23.5 Å². The Morgan fingerprint density at radius 2 is 2.00 bits per heavy atom. The molecule has 0 bridgehead atoms. The largest absolute Gasteiger partial charge is 0.337 e. The number of thioether (sulfide) groups is 1. The first-order valence-electron chi connectivity index (χ1n) is 10.8. The van der Waals surface area contributed by atoms with E-state index in [0.717, 1.165) is 49.2 Å². The lowest BCUT2D eigenvalue weighted by Crippen LogP contribution is -2.36. The number of halogens is 1. The minimum absolute atomic E-state index is 0.0579. The van der Waals surface area contributed by atoms with Gasteiger partial charge < -0.3 is 4.90 Å². The molecule has 1 saturated carbocycles. The van der Waals surface area contributed by atoms with Gasteiger partial charge in [0, 0.05) is 23.5 Å².